The Bertz CT molecular complexity index is 679. The van der Waals surface area contributed by atoms with Crippen LogP contribution >= 0.6 is 0 Å². The van der Waals surface area contributed by atoms with Crippen molar-refractivity contribution in [1.82, 2.24) is 0 Å². The van der Waals surface area contributed by atoms with Crippen molar-refractivity contribution in [3.05, 3.63) is 54.1 Å². The Labute approximate surface area is 136 Å². The molecule has 0 fully saturated rings. The quantitative estimate of drug-likeness (QED) is 0.717. The van der Waals surface area contributed by atoms with Crippen LogP contribution < -0.4 is 14.2 Å². The normalized spacial score (nSPS) is 13.3. The van der Waals surface area contributed by atoms with Crippen LogP contribution in [0, 0.1) is 11.3 Å². The Kier molecular flexibility index (Phi) is 5.00. The molecule has 0 amide bonds. The second kappa shape index (κ2) is 7.55. The average molecular weight is 309 g/mol. The molecule has 1 heterocycles. The van der Waals surface area contributed by atoms with Gasteiger partial charge in [0.1, 0.15) is 5.75 Å². The fourth-order valence-corrected chi connectivity index (χ4v) is 2.59. The van der Waals surface area contributed by atoms with E-state index < -0.39 is 0 Å². The number of hydrogen-bond acceptors (Lipinski definition) is 4. The number of para-hydroxylation sites is 1. The van der Waals surface area contributed by atoms with E-state index in [1.807, 2.05) is 48.5 Å². The van der Waals surface area contributed by atoms with E-state index in [9.17, 15) is 5.26 Å². The van der Waals surface area contributed by atoms with Gasteiger partial charge in [-0.3, -0.25) is 0 Å². The van der Waals surface area contributed by atoms with Crippen molar-refractivity contribution in [2.75, 3.05) is 13.4 Å². The smallest absolute Gasteiger partial charge is 0.231 e. The number of fused-ring (bicyclic) bond motifs is 1. The highest BCUT2D eigenvalue weighted by molar-refractivity contribution is 5.46. The molecule has 0 radical (unpaired) electrons. The Morgan fingerprint density at radius 2 is 1.87 bits per heavy atom. The largest absolute Gasteiger partial charge is 0.494 e. The maximum Gasteiger partial charge on any atom is 0.231 e. The second-order valence-electron chi connectivity index (χ2n) is 5.45. The van der Waals surface area contributed by atoms with Gasteiger partial charge in [0.15, 0.2) is 11.5 Å². The van der Waals surface area contributed by atoms with Crippen LogP contribution in [0.5, 0.6) is 17.2 Å². The van der Waals surface area contributed by atoms with Gasteiger partial charge >= 0.3 is 0 Å². The van der Waals surface area contributed by atoms with Gasteiger partial charge in [0.25, 0.3) is 0 Å². The molecule has 0 aromatic heterocycles. The molecule has 0 spiro atoms. The van der Waals surface area contributed by atoms with E-state index >= 15 is 0 Å². The first-order chi connectivity index (χ1) is 11.4. The molecule has 2 aromatic carbocycles. The Morgan fingerprint density at radius 1 is 1.04 bits per heavy atom. The first kappa shape index (κ1) is 15.2. The van der Waals surface area contributed by atoms with Gasteiger partial charge in [-0.15, -0.1) is 0 Å². The van der Waals surface area contributed by atoms with Crippen molar-refractivity contribution in [2.45, 2.75) is 25.2 Å². The lowest BCUT2D eigenvalue weighted by Crippen LogP contribution is -2.00. The number of benzene rings is 2. The van der Waals surface area contributed by atoms with Crippen LogP contribution in [0.4, 0.5) is 0 Å². The molecule has 1 unspecified atom stereocenters. The topological polar surface area (TPSA) is 51.5 Å². The maximum atomic E-state index is 9.41. The van der Waals surface area contributed by atoms with E-state index in [1.165, 1.54) is 0 Å². The molecule has 118 valence electrons. The Hall–Kier alpha value is -2.67. The van der Waals surface area contributed by atoms with Gasteiger partial charge in [-0.25, -0.2) is 0 Å². The van der Waals surface area contributed by atoms with Gasteiger partial charge < -0.3 is 14.2 Å². The lowest BCUT2D eigenvalue weighted by atomic mass is 9.94. The highest BCUT2D eigenvalue weighted by atomic mass is 16.7. The molecule has 2 aromatic rings. The van der Waals surface area contributed by atoms with E-state index in [0.717, 1.165) is 42.1 Å². The minimum atomic E-state index is -0.124. The zero-order valence-electron chi connectivity index (χ0n) is 12.9. The molecule has 4 nitrogen and oxygen atoms in total. The molecule has 1 aliphatic rings. The van der Waals surface area contributed by atoms with Crippen LogP contribution in [-0.4, -0.2) is 13.4 Å². The molecule has 1 aliphatic heterocycles. The van der Waals surface area contributed by atoms with Gasteiger partial charge in [0.05, 0.1) is 18.6 Å². The third-order valence-electron chi connectivity index (χ3n) is 3.85. The van der Waals surface area contributed by atoms with E-state index in [-0.39, 0.29) is 12.7 Å². The van der Waals surface area contributed by atoms with E-state index in [0.29, 0.717) is 6.61 Å². The number of ether oxygens (including phenoxy) is 3. The standard InChI is InChI=1S/C19H19NO3/c20-13-16(15-9-10-18-19(12-15)23-14-22-18)6-4-5-11-21-17-7-2-1-3-8-17/h1-3,7-10,12,16H,4-6,11,14H2. The first-order valence-corrected chi connectivity index (χ1v) is 7.84. The molecule has 0 saturated carbocycles. The summed E-state index contributed by atoms with van der Waals surface area (Å²) >= 11 is 0. The summed E-state index contributed by atoms with van der Waals surface area (Å²) in [6.07, 6.45) is 2.69. The predicted octanol–water partition coefficient (Wildman–Crippen LogP) is 4.27. The monoisotopic (exact) mass is 309 g/mol. The minimum Gasteiger partial charge on any atom is -0.494 e. The summed E-state index contributed by atoms with van der Waals surface area (Å²) in [6, 6.07) is 17.9. The molecule has 0 bridgehead atoms. The van der Waals surface area contributed by atoms with Crippen LogP contribution in [0.25, 0.3) is 0 Å². The number of unbranched alkanes of at least 4 members (excludes halogenated alkanes) is 1. The molecular weight excluding hydrogens is 290 g/mol. The van der Waals surface area contributed by atoms with Gasteiger partial charge in [0.2, 0.25) is 6.79 Å². The first-order valence-electron chi connectivity index (χ1n) is 7.84. The molecule has 1 atom stereocenters. The molecule has 23 heavy (non-hydrogen) atoms. The molecule has 4 heteroatoms. The fourth-order valence-electron chi connectivity index (χ4n) is 2.59. The number of rotatable bonds is 7. The van der Waals surface area contributed by atoms with E-state index in [1.54, 1.807) is 0 Å². The van der Waals surface area contributed by atoms with Gasteiger partial charge in [-0.2, -0.15) is 5.26 Å². The molecular formula is C19H19NO3. The SMILES string of the molecule is N#CC(CCCCOc1ccccc1)c1ccc2c(c1)OCO2. The van der Waals surface area contributed by atoms with Crippen LogP contribution in [-0.2, 0) is 0 Å². The third kappa shape index (κ3) is 3.95. The summed E-state index contributed by atoms with van der Waals surface area (Å²) in [5, 5.41) is 9.41. The summed E-state index contributed by atoms with van der Waals surface area (Å²) in [5.41, 5.74) is 0.987. The highest BCUT2D eigenvalue weighted by Crippen LogP contribution is 2.35. The fraction of sp³-hybridized carbons (Fsp3) is 0.316. The second-order valence-corrected chi connectivity index (χ2v) is 5.45. The van der Waals surface area contributed by atoms with E-state index in [4.69, 9.17) is 14.2 Å². The highest BCUT2D eigenvalue weighted by Gasteiger charge is 2.17. The van der Waals surface area contributed by atoms with Crippen molar-refractivity contribution in [2.24, 2.45) is 0 Å². The van der Waals surface area contributed by atoms with Crippen LogP contribution in [0.2, 0.25) is 0 Å². The predicted molar refractivity (Wildman–Crippen MR) is 86.7 cm³/mol. The Morgan fingerprint density at radius 3 is 2.70 bits per heavy atom. The summed E-state index contributed by atoms with van der Waals surface area (Å²) in [4.78, 5) is 0. The minimum absolute atomic E-state index is 0.124. The zero-order valence-corrected chi connectivity index (χ0v) is 12.9. The number of nitriles is 1. The van der Waals surface area contributed by atoms with E-state index in [2.05, 4.69) is 6.07 Å². The van der Waals surface area contributed by atoms with Crippen molar-refractivity contribution in [1.29, 1.82) is 5.26 Å². The van der Waals surface area contributed by atoms with Gasteiger partial charge in [-0.1, -0.05) is 24.3 Å². The average Bonchev–Trinajstić information content (AvgIpc) is 3.06. The lowest BCUT2D eigenvalue weighted by Gasteiger charge is -2.10. The summed E-state index contributed by atoms with van der Waals surface area (Å²) in [5.74, 6) is 2.25. The Balaban J connectivity index is 1.46. The number of hydrogen-bond donors (Lipinski definition) is 0. The van der Waals surface area contributed by atoms with Crippen molar-refractivity contribution in [3.8, 4) is 23.3 Å². The zero-order chi connectivity index (χ0) is 15.9. The third-order valence-corrected chi connectivity index (χ3v) is 3.85. The summed E-state index contributed by atoms with van der Waals surface area (Å²) in [7, 11) is 0. The number of nitrogens with zero attached hydrogens (tertiary/aromatic N) is 1. The van der Waals surface area contributed by atoms with Crippen LogP contribution in [0.1, 0.15) is 30.7 Å². The van der Waals surface area contributed by atoms with Crippen molar-refractivity contribution >= 4 is 0 Å². The van der Waals surface area contributed by atoms with Crippen molar-refractivity contribution < 1.29 is 14.2 Å². The van der Waals surface area contributed by atoms with Gasteiger partial charge in [-0.05, 0) is 49.1 Å². The maximum absolute atomic E-state index is 9.41. The van der Waals surface area contributed by atoms with Crippen LogP contribution in [0.3, 0.4) is 0 Å². The van der Waals surface area contributed by atoms with Crippen LogP contribution in [0.15, 0.2) is 48.5 Å². The molecule has 3 rings (SSSR count). The summed E-state index contributed by atoms with van der Waals surface area (Å²) in [6.45, 7) is 0.927. The molecule has 0 N–H and O–H groups in total. The van der Waals surface area contributed by atoms with Gasteiger partial charge in [0, 0.05) is 0 Å². The molecule has 0 aliphatic carbocycles. The lowest BCUT2D eigenvalue weighted by molar-refractivity contribution is 0.174. The van der Waals surface area contributed by atoms with Crippen molar-refractivity contribution in [3.63, 3.8) is 0 Å². The molecule has 0 saturated heterocycles. The summed E-state index contributed by atoms with van der Waals surface area (Å²) < 4.78 is 16.3.